The predicted molar refractivity (Wildman–Crippen MR) is 101 cm³/mol. The van der Waals surface area contributed by atoms with Crippen LogP contribution in [0.25, 0.3) is 11.5 Å². The summed E-state index contributed by atoms with van der Waals surface area (Å²) in [5.41, 5.74) is 3.03. The summed E-state index contributed by atoms with van der Waals surface area (Å²) in [5.74, 6) is 1.53. The zero-order valence-electron chi connectivity index (χ0n) is 13.7. The van der Waals surface area contributed by atoms with Crippen LogP contribution in [-0.4, -0.2) is 48.9 Å². The first-order valence-electron chi connectivity index (χ1n) is 6.88. The van der Waals surface area contributed by atoms with Crippen LogP contribution in [0.4, 0.5) is 0 Å². The van der Waals surface area contributed by atoms with Gasteiger partial charge in [-0.15, -0.1) is 24.0 Å². The molecule has 1 heterocycles. The number of hydrogen-bond acceptors (Lipinski definition) is 3. The molecule has 1 aromatic heterocycles. The minimum Gasteiger partial charge on any atom is -0.444 e. The molecule has 0 saturated heterocycles. The van der Waals surface area contributed by atoms with Gasteiger partial charge in [0.1, 0.15) is 12.0 Å². The molecule has 0 saturated carbocycles. The Morgan fingerprint density at radius 3 is 2.23 bits per heavy atom. The Labute approximate surface area is 149 Å². The summed E-state index contributed by atoms with van der Waals surface area (Å²) < 4.78 is 5.54. The number of nitrogens with zero attached hydrogens (tertiary/aromatic N) is 4. The molecule has 5 nitrogen and oxygen atoms in total. The molecule has 0 spiro atoms. The van der Waals surface area contributed by atoms with E-state index >= 15 is 0 Å². The molecule has 6 heteroatoms. The second-order valence-electron chi connectivity index (χ2n) is 5.42. The number of aryl methyl sites for hydroxylation is 1. The molecule has 0 bridgehead atoms. The van der Waals surface area contributed by atoms with Crippen LogP contribution in [0.15, 0.2) is 39.9 Å². The van der Waals surface area contributed by atoms with E-state index in [0.717, 1.165) is 17.2 Å². The summed E-state index contributed by atoms with van der Waals surface area (Å²) >= 11 is 0. The van der Waals surface area contributed by atoms with E-state index in [4.69, 9.17) is 4.42 Å². The Morgan fingerprint density at radius 1 is 1.09 bits per heavy atom. The molecule has 0 fully saturated rings. The molecule has 2 rings (SSSR count). The highest BCUT2D eigenvalue weighted by atomic mass is 127. The molecule has 0 unspecified atom stereocenters. The molecule has 22 heavy (non-hydrogen) atoms. The van der Waals surface area contributed by atoms with Crippen molar-refractivity contribution in [2.75, 3.05) is 28.2 Å². The lowest BCUT2D eigenvalue weighted by atomic mass is 10.1. The number of guanidine groups is 1. The van der Waals surface area contributed by atoms with Gasteiger partial charge in [0, 0.05) is 33.8 Å². The SMILES string of the molecule is Cc1ccc(-c2nc(CN=C(N(C)C)N(C)C)co2)cc1.I. The van der Waals surface area contributed by atoms with Gasteiger partial charge in [-0.1, -0.05) is 17.7 Å². The van der Waals surface area contributed by atoms with Crippen molar-refractivity contribution in [2.24, 2.45) is 4.99 Å². The molecule has 0 aliphatic rings. The van der Waals surface area contributed by atoms with Gasteiger partial charge in [-0.25, -0.2) is 9.98 Å². The highest BCUT2D eigenvalue weighted by Gasteiger charge is 2.08. The second-order valence-corrected chi connectivity index (χ2v) is 5.42. The smallest absolute Gasteiger partial charge is 0.226 e. The minimum absolute atomic E-state index is 0. The highest BCUT2D eigenvalue weighted by Crippen LogP contribution is 2.19. The molecule has 1 aromatic carbocycles. The maximum absolute atomic E-state index is 5.54. The lowest BCUT2D eigenvalue weighted by molar-refractivity contribution is 0.479. The molecular formula is C16H23IN4O. The van der Waals surface area contributed by atoms with E-state index in [-0.39, 0.29) is 24.0 Å². The maximum Gasteiger partial charge on any atom is 0.226 e. The van der Waals surface area contributed by atoms with Crippen molar-refractivity contribution in [3.05, 3.63) is 41.8 Å². The Balaban J connectivity index is 0.00000242. The molecular weight excluding hydrogens is 391 g/mol. The first-order chi connectivity index (χ1) is 9.97. The third-order valence-electron chi connectivity index (χ3n) is 3.03. The molecule has 0 aliphatic carbocycles. The van der Waals surface area contributed by atoms with Crippen molar-refractivity contribution in [3.63, 3.8) is 0 Å². The first kappa shape index (κ1) is 18.5. The Bertz CT molecular complexity index is 607. The number of benzene rings is 1. The largest absolute Gasteiger partial charge is 0.444 e. The van der Waals surface area contributed by atoms with E-state index in [1.807, 2.05) is 62.3 Å². The summed E-state index contributed by atoms with van der Waals surface area (Å²) in [7, 11) is 7.89. The fraction of sp³-hybridized carbons (Fsp3) is 0.375. The first-order valence-corrected chi connectivity index (χ1v) is 6.88. The minimum atomic E-state index is 0. The molecule has 0 aliphatic heterocycles. The molecule has 0 amide bonds. The van der Waals surface area contributed by atoms with Gasteiger partial charge in [0.05, 0.1) is 6.54 Å². The average molecular weight is 414 g/mol. The number of hydrogen-bond donors (Lipinski definition) is 0. The van der Waals surface area contributed by atoms with E-state index in [1.165, 1.54) is 5.56 Å². The van der Waals surface area contributed by atoms with Gasteiger partial charge < -0.3 is 14.2 Å². The van der Waals surface area contributed by atoms with Crippen molar-refractivity contribution >= 4 is 29.9 Å². The molecule has 0 radical (unpaired) electrons. The van der Waals surface area contributed by atoms with Gasteiger partial charge in [-0.2, -0.15) is 0 Å². The van der Waals surface area contributed by atoms with Crippen LogP contribution in [0.2, 0.25) is 0 Å². The molecule has 2 aromatic rings. The van der Waals surface area contributed by atoms with Gasteiger partial charge in [0.2, 0.25) is 5.89 Å². The monoisotopic (exact) mass is 414 g/mol. The van der Waals surface area contributed by atoms with Crippen molar-refractivity contribution in [1.29, 1.82) is 0 Å². The Kier molecular flexibility index (Phi) is 6.86. The van der Waals surface area contributed by atoms with E-state index in [9.17, 15) is 0 Å². The van der Waals surface area contributed by atoms with E-state index in [2.05, 4.69) is 16.9 Å². The van der Waals surface area contributed by atoms with Crippen LogP contribution in [-0.2, 0) is 6.54 Å². The summed E-state index contributed by atoms with van der Waals surface area (Å²) in [4.78, 5) is 13.0. The number of rotatable bonds is 3. The number of oxazole rings is 1. The van der Waals surface area contributed by atoms with Crippen LogP contribution in [0, 0.1) is 6.92 Å². The van der Waals surface area contributed by atoms with Crippen LogP contribution < -0.4 is 0 Å². The summed E-state index contributed by atoms with van der Waals surface area (Å²) in [6.45, 7) is 2.56. The molecule has 0 N–H and O–H groups in total. The second kappa shape index (κ2) is 8.17. The lowest BCUT2D eigenvalue weighted by Gasteiger charge is -2.22. The maximum atomic E-state index is 5.54. The fourth-order valence-electron chi connectivity index (χ4n) is 2.04. The Morgan fingerprint density at radius 2 is 1.68 bits per heavy atom. The van der Waals surface area contributed by atoms with E-state index < -0.39 is 0 Å². The van der Waals surface area contributed by atoms with Gasteiger partial charge >= 0.3 is 0 Å². The zero-order valence-corrected chi connectivity index (χ0v) is 16.0. The lowest BCUT2D eigenvalue weighted by Crippen LogP contribution is -2.35. The van der Waals surface area contributed by atoms with Crippen molar-refractivity contribution in [2.45, 2.75) is 13.5 Å². The normalized spacial score (nSPS) is 9.86. The summed E-state index contributed by atoms with van der Waals surface area (Å²) in [5, 5.41) is 0. The number of aromatic nitrogens is 1. The van der Waals surface area contributed by atoms with Crippen LogP contribution >= 0.6 is 24.0 Å². The Hall–Kier alpha value is -1.57. The van der Waals surface area contributed by atoms with Crippen molar-refractivity contribution in [3.8, 4) is 11.5 Å². The fourth-order valence-corrected chi connectivity index (χ4v) is 2.04. The standard InChI is InChI=1S/C16H22N4O.HI/c1-12-6-8-13(9-7-12)15-18-14(11-21-15)10-17-16(19(2)3)20(4)5;/h6-9,11H,10H2,1-5H3;1H. The number of aliphatic imine (C=N–C) groups is 1. The van der Waals surface area contributed by atoms with Crippen LogP contribution in [0.5, 0.6) is 0 Å². The van der Waals surface area contributed by atoms with Crippen molar-refractivity contribution < 1.29 is 4.42 Å². The molecule has 120 valence electrons. The third-order valence-corrected chi connectivity index (χ3v) is 3.03. The highest BCUT2D eigenvalue weighted by molar-refractivity contribution is 14.0. The zero-order chi connectivity index (χ0) is 15.4. The van der Waals surface area contributed by atoms with Crippen LogP contribution in [0.3, 0.4) is 0 Å². The van der Waals surface area contributed by atoms with Gasteiger partial charge in [0.25, 0.3) is 0 Å². The third kappa shape index (κ3) is 4.72. The van der Waals surface area contributed by atoms with Crippen molar-refractivity contribution in [1.82, 2.24) is 14.8 Å². The van der Waals surface area contributed by atoms with Gasteiger partial charge in [-0.3, -0.25) is 0 Å². The van der Waals surface area contributed by atoms with Gasteiger partial charge in [0.15, 0.2) is 5.96 Å². The topological polar surface area (TPSA) is 44.9 Å². The summed E-state index contributed by atoms with van der Waals surface area (Å²) in [6, 6.07) is 8.12. The quantitative estimate of drug-likeness (QED) is 0.440. The number of halogens is 1. The predicted octanol–water partition coefficient (Wildman–Crippen LogP) is 3.25. The van der Waals surface area contributed by atoms with Crippen LogP contribution in [0.1, 0.15) is 11.3 Å². The summed E-state index contributed by atoms with van der Waals surface area (Å²) in [6.07, 6.45) is 1.67. The van der Waals surface area contributed by atoms with Gasteiger partial charge in [-0.05, 0) is 19.1 Å². The van der Waals surface area contributed by atoms with E-state index in [1.54, 1.807) is 6.26 Å². The molecule has 0 atom stereocenters. The van der Waals surface area contributed by atoms with E-state index in [0.29, 0.717) is 12.4 Å². The average Bonchev–Trinajstić information content (AvgIpc) is 2.87.